The molecule has 5 rings (SSSR count). The van der Waals surface area contributed by atoms with Crippen LogP contribution in [0.5, 0.6) is 0 Å². The van der Waals surface area contributed by atoms with Crippen LogP contribution in [-0.4, -0.2) is 26.4 Å². The Kier molecular flexibility index (Phi) is 7.67. The van der Waals surface area contributed by atoms with Gasteiger partial charge in [-0.3, -0.25) is 0 Å². The molecule has 0 saturated carbocycles. The van der Waals surface area contributed by atoms with Crippen LogP contribution in [0.1, 0.15) is 70.0 Å². The second-order valence-electron chi connectivity index (χ2n) is 12.7. The van der Waals surface area contributed by atoms with Crippen LogP contribution in [-0.2, 0) is 5.16 Å². The first-order valence-electron chi connectivity index (χ1n) is 13.9. The molecule has 2 nitrogen and oxygen atoms in total. The van der Waals surface area contributed by atoms with Gasteiger partial charge in [0.05, 0.1) is 5.16 Å². The lowest BCUT2D eigenvalue weighted by Gasteiger charge is -2.43. The minimum Gasteiger partial charge on any atom is -0.364 e. The first-order chi connectivity index (χ1) is 18.5. The van der Waals surface area contributed by atoms with Crippen molar-refractivity contribution in [3.8, 4) is 0 Å². The van der Waals surface area contributed by atoms with E-state index in [4.69, 9.17) is 0 Å². The zero-order chi connectivity index (χ0) is 27.8. The molecule has 0 radical (unpaired) electrons. The molecule has 4 aromatic rings. The van der Waals surface area contributed by atoms with Crippen molar-refractivity contribution in [3.63, 3.8) is 0 Å². The van der Waals surface area contributed by atoms with Crippen LogP contribution in [0.25, 0.3) is 5.57 Å². The predicted octanol–water partition coefficient (Wildman–Crippen LogP) is 9.72. The van der Waals surface area contributed by atoms with Crippen molar-refractivity contribution in [2.24, 2.45) is 0 Å². The summed E-state index contributed by atoms with van der Waals surface area (Å²) in [5.41, 5.74) is 9.31. The van der Waals surface area contributed by atoms with Crippen molar-refractivity contribution >= 4 is 22.7 Å². The largest absolute Gasteiger partial charge is 0.364 e. The monoisotopic (exact) mass is 552 g/mol. The SMILES string of the molecule is CC(C)(C)P(CC1=C(C(P)(c2ccc[nH]2)c2ccc[nH]2)C=C(c2ccccc2)C1c1ccccc1)C(C)(C)C. The highest BCUT2D eigenvalue weighted by atomic mass is 31.1. The standard InChI is InChI=1S/C35H42N2P2/c1-33(2,3)39(34(4,5)6)24-28-29(35(38,30-19-13-21-36-30)31-20-14-22-37-31)23-27(25-15-9-7-10-16-25)32(28)26-17-11-8-12-18-26/h7-23,32,36-37H,24,38H2,1-6H3. The Balaban J connectivity index is 1.83. The molecule has 1 aliphatic carbocycles. The molecule has 2 unspecified atom stereocenters. The average Bonchev–Trinajstić information content (AvgIpc) is 3.68. The van der Waals surface area contributed by atoms with Crippen LogP contribution >= 0.6 is 17.2 Å². The van der Waals surface area contributed by atoms with Gasteiger partial charge >= 0.3 is 0 Å². The molecule has 0 saturated heterocycles. The molecule has 0 aliphatic heterocycles. The van der Waals surface area contributed by atoms with Gasteiger partial charge in [0.1, 0.15) is 0 Å². The first kappa shape index (κ1) is 27.9. The van der Waals surface area contributed by atoms with Crippen LogP contribution in [0.4, 0.5) is 0 Å². The number of aromatic nitrogens is 2. The quantitative estimate of drug-likeness (QED) is 0.214. The Hall–Kier alpha value is -2.66. The Morgan fingerprint density at radius 3 is 1.67 bits per heavy atom. The number of rotatable bonds is 7. The third-order valence-corrected chi connectivity index (χ3v) is 12.8. The van der Waals surface area contributed by atoms with Gasteiger partial charge < -0.3 is 9.97 Å². The summed E-state index contributed by atoms with van der Waals surface area (Å²) in [6.45, 7) is 14.6. The maximum absolute atomic E-state index is 3.59. The lowest BCUT2D eigenvalue weighted by molar-refractivity contribution is 0.703. The molecule has 2 N–H and O–H groups in total. The number of H-pyrrole nitrogens is 2. The molecule has 4 heteroatoms. The Morgan fingerprint density at radius 2 is 1.21 bits per heavy atom. The summed E-state index contributed by atoms with van der Waals surface area (Å²) >= 11 is 0. The topological polar surface area (TPSA) is 31.6 Å². The van der Waals surface area contributed by atoms with E-state index >= 15 is 0 Å². The van der Waals surface area contributed by atoms with E-state index < -0.39 is 5.16 Å². The minimum atomic E-state index is -0.428. The molecule has 0 bridgehead atoms. The Labute approximate surface area is 238 Å². The Bertz CT molecular complexity index is 1380. The summed E-state index contributed by atoms with van der Waals surface area (Å²) in [6.07, 6.45) is 7.68. The van der Waals surface area contributed by atoms with Gasteiger partial charge in [0, 0.05) is 29.7 Å². The lowest BCUT2D eigenvalue weighted by atomic mass is 9.83. The van der Waals surface area contributed by atoms with Crippen molar-refractivity contribution in [2.45, 2.75) is 62.9 Å². The highest BCUT2D eigenvalue weighted by Gasteiger charge is 2.45. The smallest absolute Gasteiger partial charge is 0.0889 e. The van der Waals surface area contributed by atoms with Crippen LogP contribution in [0, 0.1) is 0 Å². The molecule has 0 spiro atoms. The summed E-state index contributed by atoms with van der Waals surface area (Å²) in [5, 5.41) is -0.00164. The van der Waals surface area contributed by atoms with E-state index in [1.54, 1.807) is 0 Å². The fourth-order valence-corrected chi connectivity index (χ4v) is 10.6. The van der Waals surface area contributed by atoms with Crippen molar-refractivity contribution < 1.29 is 0 Å². The minimum absolute atomic E-state index is 0.197. The lowest BCUT2D eigenvalue weighted by Crippen LogP contribution is -2.29. The number of nitrogens with one attached hydrogen (secondary N) is 2. The number of hydrogen-bond acceptors (Lipinski definition) is 0. The van der Waals surface area contributed by atoms with Gasteiger partial charge in [-0.25, -0.2) is 0 Å². The highest BCUT2D eigenvalue weighted by molar-refractivity contribution is 7.61. The van der Waals surface area contributed by atoms with E-state index in [0.717, 1.165) is 6.16 Å². The first-order valence-corrected chi connectivity index (χ1v) is 16.0. The molecule has 2 aromatic carbocycles. The summed E-state index contributed by atoms with van der Waals surface area (Å²) in [5.74, 6) is 0.197. The number of benzene rings is 2. The fraction of sp³-hybridized carbons (Fsp3) is 0.314. The highest BCUT2D eigenvalue weighted by Crippen LogP contribution is 2.64. The summed E-state index contributed by atoms with van der Waals surface area (Å²) in [4.78, 5) is 7.18. The zero-order valence-corrected chi connectivity index (χ0v) is 26.2. The summed E-state index contributed by atoms with van der Waals surface area (Å²) in [7, 11) is 2.90. The fourth-order valence-electron chi connectivity index (χ4n) is 6.36. The van der Waals surface area contributed by atoms with Gasteiger partial charge in [-0.15, -0.1) is 9.24 Å². The maximum atomic E-state index is 3.59. The maximum Gasteiger partial charge on any atom is 0.0889 e. The van der Waals surface area contributed by atoms with Crippen molar-refractivity contribution in [1.29, 1.82) is 0 Å². The molecule has 2 atom stereocenters. The van der Waals surface area contributed by atoms with E-state index in [1.807, 2.05) is 12.4 Å². The number of hydrogen-bond donors (Lipinski definition) is 2. The third-order valence-electron chi connectivity index (χ3n) is 7.96. The van der Waals surface area contributed by atoms with Crippen LogP contribution < -0.4 is 0 Å². The van der Waals surface area contributed by atoms with Crippen LogP contribution in [0.2, 0.25) is 0 Å². The van der Waals surface area contributed by atoms with Gasteiger partial charge in [0.2, 0.25) is 0 Å². The van der Waals surface area contributed by atoms with Gasteiger partial charge in [-0.2, -0.15) is 0 Å². The Morgan fingerprint density at radius 1 is 0.692 bits per heavy atom. The van der Waals surface area contributed by atoms with Crippen LogP contribution in [0.3, 0.4) is 0 Å². The average molecular weight is 553 g/mol. The van der Waals surface area contributed by atoms with Gasteiger partial charge in [0.25, 0.3) is 0 Å². The molecule has 2 aromatic heterocycles. The van der Waals surface area contributed by atoms with E-state index in [1.165, 1.54) is 39.2 Å². The molecule has 2 heterocycles. The summed E-state index contributed by atoms with van der Waals surface area (Å²) < 4.78 is 0. The van der Waals surface area contributed by atoms with Crippen molar-refractivity contribution in [3.05, 3.63) is 137 Å². The molecule has 0 amide bonds. The third kappa shape index (κ3) is 5.39. The van der Waals surface area contributed by atoms with E-state index in [9.17, 15) is 0 Å². The predicted molar refractivity (Wildman–Crippen MR) is 174 cm³/mol. The summed E-state index contributed by atoms with van der Waals surface area (Å²) in [6, 6.07) is 30.8. The molecule has 202 valence electrons. The molecule has 0 fully saturated rings. The van der Waals surface area contributed by atoms with Crippen molar-refractivity contribution in [1.82, 2.24) is 9.97 Å². The second-order valence-corrected chi connectivity index (χ2v) is 17.4. The number of aromatic amines is 2. The van der Waals surface area contributed by atoms with E-state index in [-0.39, 0.29) is 24.2 Å². The normalized spacial score (nSPS) is 16.7. The zero-order valence-electron chi connectivity index (χ0n) is 24.1. The molecular weight excluding hydrogens is 510 g/mol. The van der Waals surface area contributed by atoms with E-state index in [0.29, 0.717) is 0 Å². The molecule has 39 heavy (non-hydrogen) atoms. The molecular formula is C35H42N2P2. The van der Waals surface area contributed by atoms with Gasteiger partial charge in [-0.1, -0.05) is 116 Å². The van der Waals surface area contributed by atoms with Crippen molar-refractivity contribution in [2.75, 3.05) is 6.16 Å². The molecule has 1 aliphatic rings. The van der Waals surface area contributed by atoms with Crippen LogP contribution in [0.15, 0.2) is 115 Å². The van der Waals surface area contributed by atoms with Gasteiger partial charge in [-0.05, 0) is 68.6 Å². The number of allylic oxidation sites excluding steroid dienone is 4. The van der Waals surface area contributed by atoms with E-state index in [2.05, 4.69) is 152 Å². The van der Waals surface area contributed by atoms with Gasteiger partial charge in [0.15, 0.2) is 0 Å². The second kappa shape index (κ2) is 10.7.